The van der Waals surface area contributed by atoms with Crippen LogP contribution in [0.4, 0.5) is 0 Å². The van der Waals surface area contributed by atoms with Crippen LogP contribution in [0.5, 0.6) is 0 Å². The molecule has 0 aromatic heterocycles. The average Bonchev–Trinajstić information content (AvgIpc) is 2.73. The van der Waals surface area contributed by atoms with Gasteiger partial charge in [0, 0.05) is 13.0 Å². The third-order valence-corrected chi connectivity index (χ3v) is 5.32. The van der Waals surface area contributed by atoms with Crippen LogP contribution in [0.1, 0.15) is 77.6 Å². The van der Waals surface area contributed by atoms with Gasteiger partial charge in [0.1, 0.15) is 0 Å². The van der Waals surface area contributed by atoms with Gasteiger partial charge in [-0.25, -0.2) is 0 Å². The zero-order valence-corrected chi connectivity index (χ0v) is 21.9. The fraction of sp³-hybridized carbons (Fsp3) is 0.905. The number of carbonyl (C=O) groups is 2. The molecular weight excluding hydrogens is 506 g/mol. The van der Waals surface area contributed by atoms with E-state index in [4.69, 9.17) is 33.9 Å². The van der Waals surface area contributed by atoms with Crippen molar-refractivity contribution in [1.82, 2.24) is 4.90 Å². The number of nitrogens with zero attached hydrogens (tertiary/aromatic N) is 2. The van der Waals surface area contributed by atoms with Crippen LogP contribution in [0.3, 0.4) is 0 Å². The van der Waals surface area contributed by atoms with E-state index in [2.05, 4.69) is 17.1 Å². The van der Waals surface area contributed by atoms with Gasteiger partial charge in [0.15, 0.2) is 0 Å². The minimum absolute atomic E-state index is 0.0915. The van der Waals surface area contributed by atoms with E-state index < -0.39 is 5.97 Å². The molecule has 1 amide bonds. The van der Waals surface area contributed by atoms with E-state index in [0.29, 0.717) is 30.5 Å². The number of hydrogen-bond donors (Lipinski definition) is 1. The fourth-order valence-corrected chi connectivity index (χ4v) is 3.77. The summed E-state index contributed by atoms with van der Waals surface area (Å²) in [6.07, 6.45) is 11.6. The van der Waals surface area contributed by atoms with E-state index in [0.717, 1.165) is 64.0 Å². The number of unbranched alkanes of at least 4 members (excludes halogenated alkanes) is 4. The number of hydrogen-bond acceptors (Lipinski definition) is 6. The van der Waals surface area contributed by atoms with Crippen molar-refractivity contribution in [1.29, 1.82) is 0 Å². The second kappa shape index (κ2) is 25.3. The Bertz CT molecular complexity index is 420. The Morgan fingerprint density at radius 1 is 0.933 bits per heavy atom. The van der Waals surface area contributed by atoms with Crippen LogP contribution in [0.15, 0.2) is 0 Å². The van der Waals surface area contributed by atoms with Crippen molar-refractivity contribution >= 4 is 37.1 Å². The molecule has 1 atom stereocenters. The van der Waals surface area contributed by atoms with Gasteiger partial charge in [-0.3, -0.25) is 9.69 Å². The molecule has 0 aromatic rings. The predicted octanol–water partition coefficient (Wildman–Crippen LogP) is 4.17. The maximum atomic E-state index is 11.9. The molecule has 0 saturated heterocycles. The Hall–Kier alpha value is 0.0494. The SMILES string of the molecule is CCCCCC(CCCCCC(=O)O)CCCN(CC[S-])CC(=O)[N-]CC[S-].[O]=[Tc+4]. The van der Waals surface area contributed by atoms with Crippen molar-refractivity contribution in [3.8, 4) is 0 Å². The number of carbonyl (C=O) groups excluding carboxylic acids is 1. The zero-order valence-electron chi connectivity index (χ0n) is 18.4. The van der Waals surface area contributed by atoms with Crippen LogP contribution >= 0.6 is 0 Å². The molecule has 1 N–H and O–H groups in total. The van der Waals surface area contributed by atoms with Crippen LogP contribution < -0.4 is 0 Å². The Morgan fingerprint density at radius 2 is 1.57 bits per heavy atom. The van der Waals surface area contributed by atoms with Crippen LogP contribution in [0.25, 0.3) is 5.32 Å². The van der Waals surface area contributed by atoms with Crippen molar-refractivity contribution in [3.63, 3.8) is 0 Å². The molecule has 0 aliphatic rings. The van der Waals surface area contributed by atoms with Crippen LogP contribution in [-0.4, -0.2) is 59.6 Å². The molecule has 30 heavy (non-hydrogen) atoms. The van der Waals surface area contributed by atoms with E-state index in [-0.39, 0.29) is 12.3 Å². The summed E-state index contributed by atoms with van der Waals surface area (Å²) < 4.78 is 8.22. The Morgan fingerprint density at radius 3 is 2.13 bits per heavy atom. The molecule has 0 aliphatic heterocycles. The molecule has 6 nitrogen and oxygen atoms in total. The summed E-state index contributed by atoms with van der Waals surface area (Å²) >= 11 is 10.8. The zero-order chi connectivity index (χ0) is 23.0. The summed E-state index contributed by atoms with van der Waals surface area (Å²) in [6.45, 7) is 4.63. The molecule has 0 bridgehead atoms. The minimum atomic E-state index is -0.699. The van der Waals surface area contributed by atoms with Crippen molar-refractivity contribution in [2.45, 2.75) is 77.6 Å². The molecule has 0 fully saturated rings. The fourth-order valence-electron chi connectivity index (χ4n) is 3.42. The third-order valence-electron chi connectivity index (χ3n) is 4.95. The first-order valence-corrected chi connectivity index (χ1v) is 12.9. The van der Waals surface area contributed by atoms with E-state index in [1.807, 2.05) is 0 Å². The summed E-state index contributed by atoms with van der Waals surface area (Å²) in [5.41, 5.74) is 0. The Kier molecular flexibility index (Phi) is 27.2. The standard InChI is InChI=1S/C21H42N2O3S2.O.Tc/c1-2-3-5-9-19(10-6-4-7-12-21(25)26)11-8-14-23(15-17-28)18-20(24)22-13-16-27;;/h19H,2-18H2,1H3,(H4,22,24,25,26,27,28);;/q;;+4/p-3. The number of carboxylic acids is 1. The Balaban J connectivity index is 0. The number of carboxylic acid groups (broad SMARTS) is 1. The van der Waals surface area contributed by atoms with Gasteiger partial charge in [0.2, 0.25) is 0 Å². The molecule has 175 valence electrons. The summed E-state index contributed by atoms with van der Waals surface area (Å²) in [4.78, 5) is 24.6. The Labute approximate surface area is 205 Å². The molecule has 0 aliphatic carbocycles. The van der Waals surface area contributed by atoms with Gasteiger partial charge in [-0.2, -0.15) is 18.1 Å². The van der Waals surface area contributed by atoms with Crippen molar-refractivity contribution in [3.05, 3.63) is 5.32 Å². The number of rotatable bonds is 20. The monoisotopic (exact) mass is 544 g/mol. The van der Waals surface area contributed by atoms with Crippen LogP contribution in [0.2, 0.25) is 0 Å². The van der Waals surface area contributed by atoms with Gasteiger partial charge in [-0.05, 0) is 38.3 Å². The average molecular weight is 546 g/mol. The van der Waals surface area contributed by atoms with Crippen LogP contribution in [0, 0.1) is 5.92 Å². The number of amides is 1. The second-order valence-corrected chi connectivity index (χ2v) is 8.27. The van der Waals surface area contributed by atoms with E-state index in [1.165, 1.54) is 32.1 Å². The normalized spacial score (nSPS) is 11.7. The predicted molar refractivity (Wildman–Crippen MR) is 122 cm³/mol. The van der Waals surface area contributed by atoms with Crippen LogP contribution in [-0.2, 0) is 57.2 Å². The molecule has 0 spiro atoms. The van der Waals surface area contributed by atoms with E-state index >= 15 is 0 Å². The van der Waals surface area contributed by atoms with Gasteiger partial charge < -0.3 is 40.5 Å². The van der Waals surface area contributed by atoms with Crippen molar-refractivity contribution < 1.29 is 37.1 Å². The molecule has 0 heterocycles. The maximum absolute atomic E-state index is 11.9. The van der Waals surface area contributed by atoms with E-state index in [9.17, 15) is 9.59 Å². The molecule has 0 rings (SSSR count). The van der Waals surface area contributed by atoms with Gasteiger partial charge in [0.05, 0.1) is 5.91 Å². The van der Waals surface area contributed by atoms with Gasteiger partial charge in [-0.1, -0.05) is 51.9 Å². The first-order valence-electron chi connectivity index (χ1n) is 11.0. The van der Waals surface area contributed by atoms with Gasteiger partial charge >= 0.3 is 28.3 Å². The number of aliphatic carboxylic acids is 1. The third kappa shape index (κ3) is 22.7. The molecular formula is C21H39N2O4S2Tc+. The molecule has 0 aromatic carbocycles. The summed E-state index contributed by atoms with van der Waals surface area (Å²) in [6, 6.07) is 0. The molecule has 1 unspecified atom stereocenters. The van der Waals surface area contributed by atoms with E-state index in [1.54, 1.807) is 0 Å². The van der Waals surface area contributed by atoms with Crippen molar-refractivity contribution in [2.75, 3.05) is 37.7 Å². The summed E-state index contributed by atoms with van der Waals surface area (Å²) in [5.74, 6) is 1.01. The quantitative estimate of drug-likeness (QED) is 0.181. The summed E-state index contributed by atoms with van der Waals surface area (Å²) in [7, 11) is 0. The molecule has 9 heteroatoms. The van der Waals surface area contributed by atoms with Gasteiger partial charge in [0.25, 0.3) is 0 Å². The molecule has 0 radical (unpaired) electrons. The first-order chi connectivity index (χ1) is 14.5. The van der Waals surface area contributed by atoms with Crippen molar-refractivity contribution in [2.24, 2.45) is 5.92 Å². The first kappa shape index (κ1) is 32.2. The van der Waals surface area contributed by atoms with Gasteiger partial charge in [-0.15, -0.1) is 0 Å². The summed E-state index contributed by atoms with van der Waals surface area (Å²) in [5, 5.41) is 12.7. The molecule has 0 saturated carbocycles. The topological polar surface area (TPSA) is 88.8 Å². The second-order valence-electron chi connectivity index (χ2n) is 7.46.